The molecular weight excluding hydrogens is 462 g/mol. The first kappa shape index (κ1) is 24.1. The highest BCUT2D eigenvalue weighted by atomic mass is 16.7. The first-order valence-corrected chi connectivity index (χ1v) is 12.8. The smallest absolute Gasteiger partial charge is 0.273 e. The molecule has 3 amide bonds. The molecule has 36 heavy (non-hydrogen) atoms. The fourth-order valence-corrected chi connectivity index (χ4v) is 5.15. The van der Waals surface area contributed by atoms with Crippen LogP contribution in [0.4, 0.5) is 0 Å². The van der Waals surface area contributed by atoms with Crippen LogP contribution in [0.1, 0.15) is 78.9 Å². The molecule has 3 aliphatic rings. The fraction of sp³-hybridized carbons (Fsp3) is 0.538. The minimum Gasteiger partial charge on any atom is -0.454 e. The quantitative estimate of drug-likeness (QED) is 0.582. The first-order chi connectivity index (χ1) is 17.4. The van der Waals surface area contributed by atoms with E-state index in [4.69, 9.17) is 9.47 Å². The van der Waals surface area contributed by atoms with Gasteiger partial charge in [-0.25, -0.2) is 0 Å². The number of rotatable bonds is 8. The Bertz CT molecular complexity index is 1170. The molecule has 1 fully saturated rings. The highest BCUT2D eigenvalue weighted by molar-refractivity contribution is 6.02. The lowest BCUT2D eigenvalue weighted by atomic mass is 9.94. The molecular formula is C26H33N5O5. The lowest BCUT2D eigenvalue weighted by Gasteiger charge is -2.43. The molecule has 0 bridgehead atoms. The summed E-state index contributed by atoms with van der Waals surface area (Å²) in [5, 5.41) is 10.4. The maximum Gasteiger partial charge on any atom is 0.273 e. The van der Waals surface area contributed by atoms with E-state index < -0.39 is 5.54 Å². The number of nitrogens with one attached hydrogen (secondary N) is 2. The summed E-state index contributed by atoms with van der Waals surface area (Å²) < 4.78 is 12.2. The van der Waals surface area contributed by atoms with Crippen molar-refractivity contribution in [3.05, 3.63) is 41.2 Å². The van der Waals surface area contributed by atoms with Gasteiger partial charge < -0.3 is 25.0 Å². The van der Waals surface area contributed by atoms with Crippen LogP contribution in [-0.4, -0.2) is 57.3 Å². The second kappa shape index (κ2) is 9.83. The van der Waals surface area contributed by atoms with Crippen LogP contribution in [0.5, 0.6) is 11.5 Å². The van der Waals surface area contributed by atoms with Gasteiger partial charge in [-0.1, -0.05) is 32.3 Å². The molecule has 3 heterocycles. The van der Waals surface area contributed by atoms with E-state index in [-0.39, 0.29) is 49.3 Å². The lowest BCUT2D eigenvalue weighted by molar-refractivity contribution is -0.133. The van der Waals surface area contributed by atoms with Crippen molar-refractivity contribution in [2.24, 2.45) is 0 Å². The van der Waals surface area contributed by atoms with Gasteiger partial charge in [0.2, 0.25) is 12.7 Å². The number of hydrogen-bond donors (Lipinski definition) is 2. The predicted molar refractivity (Wildman–Crippen MR) is 131 cm³/mol. The number of unbranched alkanes of at least 4 members (excludes halogenated alkanes) is 1. The number of fused-ring (bicyclic) bond motifs is 2. The number of carbonyl (C=O) groups is 3. The van der Waals surface area contributed by atoms with E-state index in [2.05, 4.69) is 22.7 Å². The van der Waals surface area contributed by atoms with Crippen molar-refractivity contribution in [3.8, 4) is 11.5 Å². The van der Waals surface area contributed by atoms with Gasteiger partial charge in [-0.15, -0.1) is 0 Å². The third-order valence-corrected chi connectivity index (χ3v) is 7.34. The van der Waals surface area contributed by atoms with Gasteiger partial charge in [-0.2, -0.15) is 5.10 Å². The van der Waals surface area contributed by atoms with Crippen molar-refractivity contribution < 1.29 is 23.9 Å². The summed E-state index contributed by atoms with van der Waals surface area (Å²) in [6.07, 6.45) is 5.82. The van der Waals surface area contributed by atoms with Crippen LogP contribution in [0.15, 0.2) is 24.3 Å². The molecule has 0 spiro atoms. The first-order valence-electron chi connectivity index (χ1n) is 12.8. The third kappa shape index (κ3) is 4.52. The molecule has 1 aliphatic carbocycles. The Balaban J connectivity index is 1.33. The fourth-order valence-electron chi connectivity index (χ4n) is 5.15. The Hall–Kier alpha value is -3.56. The lowest BCUT2D eigenvalue weighted by Crippen LogP contribution is -2.65. The molecule has 0 radical (unpaired) electrons. The van der Waals surface area contributed by atoms with Crippen LogP contribution >= 0.6 is 0 Å². The molecule has 0 saturated heterocycles. The minimum atomic E-state index is -1.08. The van der Waals surface area contributed by atoms with E-state index in [1.165, 1.54) is 10.7 Å². The third-order valence-electron chi connectivity index (χ3n) is 7.34. The van der Waals surface area contributed by atoms with Crippen LogP contribution in [0.2, 0.25) is 0 Å². The molecule has 2 aliphatic heterocycles. The second-order valence-electron chi connectivity index (χ2n) is 9.98. The zero-order valence-electron chi connectivity index (χ0n) is 20.8. The largest absolute Gasteiger partial charge is 0.454 e. The van der Waals surface area contributed by atoms with E-state index in [0.29, 0.717) is 23.7 Å². The Morgan fingerprint density at radius 2 is 1.94 bits per heavy atom. The number of amides is 3. The van der Waals surface area contributed by atoms with Crippen molar-refractivity contribution in [1.82, 2.24) is 25.3 Å². The molecule has 10 heteroatoms. The predicted octanol–water partition coefficient (Wildman–Crippen LogP) is 2.62. The monoisotopic (exact) mass is 495 g/mol. The van der Waals surface area contributed by atoms with Gasteiger partial charge in [-0.3, -0.25) is 19.1 Å². The van der Waals surface area contributed by atoms with Crippen LogP contribution in [0.25, 0.3) is 0 Å². The highest BCUT2D eigenvalue weighted by Gasteiger charge is 2.48. The van der Waals surface area contributed by atoms with Gasteiger partial charge in [0.1, 0.15) is 11.2 Å². The van der Waals surface area contributed by atoms with E-state index in [1.54, 1.807) is 17.9 Å². The topological polar surface area (TPSA) is 115 Å². The highest BCUT2D eigenvalue weighted by Crippen LogP contribution is 2.33. The van der Waals surface area contributed by atoms with E-state index in [1.807, 2.05) is 12.1 Å². The zero-order valence-corrected chi connectivity index (χ0v) is 20.8. The molecule has 1 aromatic carbocycles. The van der Waals surface area contributed by atoms with E-state index in [0.717, 1.165) is 44.1 Å². The number of ether oxygens (including phenoxy) is 2. The molecule has 1 saturated carbocycles. The Morgan fingerprint density at radius 3 is 2.72 bits per heavy atom. The summed E-state index contributed by atoms with van der Waals surface area (Å²) in [5.74, 6) is 0.500. The minimum absolute atomic E-state index is 0.147. The Morgan fingerprint density at radius 1 is 1.17 bits per heavy atom. The van der Waals surface area contributed by atoms with Gasteiger partial charge in [0.05, 0.1) is 6.54 Å². The normalized spacial score (nSPS) is 20.9. The van der Waals surface area contributed by atoms with Crippen molar-refractivity contribution in [2.45, 2.75) is 77.0 Å². The number of aromatic nitrogens is 2. The van der Waals surface area contributed by atoms with Gasteiger partial charge >= 0.3 is 0 Å². The molecule has 5 rings (SSSR count). The summed E-state index contributed by atoms with van der Waals surface area (Å²) in [7, 11) is 0. The Kier molecular flexibility index (Phi) is 6.59. The summed E-state index contributed by atoms with van der Waals surface area (Å²) in [6.45, 7) is 4.99. The average Bonchev–Trinajstić information content (AvgIpc) is 3.63. The van der Waals surface area contributed by atoms with Crippen LogP contribution in [0, 0.1) is 0 Å². The van der Waals surface area contributed by atoms with Crippen LogP contribution in [-0.2, 0) is 17.9 Å². The SMILES string of the molecule is CCCCN1C(=O)c2cc(C(=O)NCc3ccc4c(c3)OCO4)nn2C[C@]1(C)C(=O)NC1CCCC1. The summed E-state index contributed by atoms with van der Waals surface area (Å²) in [6, 6.07) is 7.15. The van der Waals surface area contributed by atoms with Crippen LogP contribution in [0.3, 0.4) is 0 Å². The number of carbonyl (C=O) groups excluding carboxylic acids is 3. The van der Waals surface area contributed by atoms with Gasteiger partial charge in [-0.05, 0) is 43.9 Å². The molecule has 2 N–H and O–H groups in total. The number of benzene rings is 1. The summed E-state index contributed by atoms with van der Waals surface area (Å²) in [5.41, 5.74) is 0.253. The second-order valence-corrected chi connectivity index (χ2v) is 9.98. The van der Waals surface area contributed by atoms with Crippen molar-refractivity contribution in [3.63, 3.8) is 0 Å². The van der Waals surface area contributed by atoms with E-state index in [9.17, 15) is 14.4 Å². The van der Waals surface area contributed by atoms with Gasteiger partial charge in [0, 0.05) is 25.2 Å². The number of nitrogens with zero attached hydrogens (tertiary/aromatic N) is 3. The van der Waals surface area contributed by atoms with Gasteiger partial charge in [0.15, 0.2) is 17.2 Å². The molecule has 1 atom stereocenters. The summed E-state index contributed by atoms with van der Waals surface area (Å²) in [4.78, 5) is 41.5. The molecule has 192 valence electrons. The molecule has 0 unspecified atom stereocenters. The van der Waals surface area contributed by atoms with Crippen molar-refractivity contribution in [2.75, 3.05) is 13.3 Å². The number of hydrogen-bond acceptors (Lipinski definition) is 6. The van der Waals surface area contributed by atoms with Crippen LogP contribution < -0.4 is 20.1 Å². The average molecular weight is 496 g/mol. The summed E-state index contributed by atoms with van der Waals surface area (Å²) >= 11 is 0. The van der Waals surface area contributed by atoms with Crippen molar-refractivity contribution in [1.29, 1.82) is 0 Å². The molecule has 2 aromatic rings. The van der Waals surface area contributed by atoms with E-state index >= 15 is 0 Å². The molecule has 10 nitrogen and oxygen atoms in total. The maximum absolute atomic E-state index is 13.5. The van der Waals surface area contributed by atoms with Crippen molar-refractivity contribution >= 4 is 17.7 Å². The van der Waals surface area contributed by atoms with Gasteiger partial charge in [0.25, 0.3) is 11.8 Å². The maximum atomic E-state index is 13.5. The zero-order chi connectivity index (χ0) is 25.3. The Labute approximate surface area is 210 Å². The standard InChI is InChI=1S/C26H33N5O5/c1-3-4-11-30-24(33)20-13-19(23(32)27-14-17-9-10-21-22(12-17)36-16-35-21)29-31(20)15-26(30,2)25(34)28-18-7-5-6-8-18/h9-10,12-13,18H,3-8,11,14-16H2,1-2H3,(H,27,32)(H,28,34)/t26-/m1/s1. The molecule has 1 aromatic heterocycles.